The molecule has 0 aliphatic heterocycles. The zero-order chi connectivity index (χ0) is 19.5. The smallest absolute Gasteiger partial charge is 0.242 e. The van der Waals surface area contributed by atoms with Gasteiger partial charge in [-0.3, -0.25) is 9.59 Å². The van der Waals surface area contributed by atoms with E-state index in [2.05, 4.69) is 15.9 Å². The summed E-state index contributed by atoms with van der Waals surface area (Å²) in [5.41, 5.74) is 2.13. The Morgan fingerprint density at radius 1 is 1.15 bits per heavy atom. The molecule has 2 radical (unpaired) electrons. The summed E-state index contributed by atoms with van der Waals surface area (Å²) in [6.45, 7) is 8.32. The van der Waals surface area contributed by atoms with Crippen LogP contribution >= 0.6 is 0 Å². The van der Waals surface area contributed by atoms with Crippen LogP contribution in [0.1, 0.15) is 44.2 Å². The van der Waals surface area contributed by atoms with Gasteiger partial charge in [0, 0.05) is 6.92 Å². The molecule has 6 nitrogen and oxygen atoms in total. The Balaban J connectivity index is 2.53. The average Bonchev–Trinajstić information content (AvgIpc) is 2.56. The predicted octanol–water partition coefficient (Wildman–Crippen LogP) is 1.54. The molecule has 1 unspecified atom stereocenters. The maximum absolute atomic E-state index is 12.5. The van der Waals surface area contributed by atoms with Crippen molar-refractivity contribution >= 4 is 19.8 Å². The largest absolute Gasteiger partial charge is 0.491 e. The number of nitrogens with one attached hydrogen (secondary N) is 3. The number of carbonyl (C=O) groups excluding carboxylic acids is 2. The summed E-state index contributed by atoms with van der Waals surface area (Å²) in [5.74, 6) is 0.432. The van der Waals surface area contributed by atoms with E-state index in [1.54, 1.807) is 0 Å². The number of hydrogen-bond acceptors (Lipinski definition) is 4. The normalized spacial score (nSPS) is 12.9. The Hall–Kier alpha value is -2.02. The molecule has 142 valence electrons. The highest BCUT2D eigenvalue weighted by Crippen LogP contribution is 2.22. The molecule has 2 atom stereocenters. The van der Waals surface area contributed by atoms with Gasteiger partial charge in [-0.2, -0.15) is 0 Å². The fourth-order valence-corrected chi connectivity index (χ4v) is 2.71. The first-order valence-electron chi connectivity index (χ1n) is 9.05. The molecule has 0 saturated heterocycles. The number of amides is 2. The highest BCUT2D eigenvalue weighted by molar-refractivity contribution is 6.04. The lowest BCUT2D eigenvalue weighted by molar-refractivity contribution is -0.128. The van der Waals surface area contributed by atoms with Crippen LogP contribution in [0.2, 0.25) is 0 Å². The number of unbranched alkanes of at least 4 members (excludes halogenated alkanes) is 1. The van der Waals surface area contributed by atoms with Crippen molar-refractivity contribution < 1.29 is 14.3 Å². The van der Waals surface area contributed by atoms with E-state index in [1.807, 2.05) is 39.0 Å². The van der Waals surface area contributed by atoms with Crippen molar-refractivity contribution in [2.24, 2.45) is 0 Å². The van der Waals surface area contributed by atoms with Gasteiger partial charge in [-0.15, -0.1) is 0 Å². The summed E-state index contributed by atoms with van der Waals surface area (Å²) in [6, 6.07) is 5.25. The first-order valence-corrected chi connectivity index (χ1v) is 9.05. The van der Waals surface area contributed by atoms with Gasteiger partial charge in [0.1, 0.15) is 18.4 Å². The summed E-state index contributed by atoms with van der Waals surface area (Å²) < 4.78 is 5.88. The number of hydrogen-bond donors (Lipinski definition) is 3. The minimum atomic E-state index is -0.548. The van der Waals surface area contributed by atoms with E-state index in [4.69, 9.17) is 12.7 Å². The van der Waals surface area contributed by atoms with Crippen molar-refractivity contribution in [2.75, 3.05) is 13.2 Å². The Morgan fingerprint density at radius 3 is 2.38 bits per heavy atom. The lowest BCUT2D eigenvalue weighted by Gasteiger charge is -2.22. The fraction of sp³-hybridized carbons (Fsp3) is 0.579. The minimum Gasteiger partial charge on any atom is -0.491 e. The summed E-state index contributed by atoms with van der Waals surface area (Å²) in [7, 11) is 5.24. The van der Waals surface area contributed by atoms with Crippen molar-refractivity contribution in [3.63, 3.8) is 0 Å². The number of aryl methyl sites for hydroxylation is 2. The van der Waals surface area contributed by atoms with Gasteiger partial charge in [-0.25, -0.2) is 0 Å². The second kappa shape index (κ2) is 11.6. The molecule has 0 aromatic heterocycles. The van der Waals surface area contributed by atoms with Crippen LogP contribution in [0.15, 0.2) is 18.2 Å². The van der Waals surface area contributed by atoms with Gasteiger partial charge in [-0.05, 0) is 57.7 Å². The van der Waals surface area contributed by atoms with Crippen LogP contribution in [0.4, 0.5) is 0 Å². The first-order chi connectivity index (χ1) is 12.3. The number of para-hydroxylation sites is 1. The molecule has 0 heterocycles. The summed E-state index contributed by atoms with van der Waals surface area (Å²) in [6.07, 6.45) is 2.19. The quantitative estimate of drug-likeness (QED) is 0.414. The predicted molar refractivity (Wildman–Crippen MR) is 104 cm³/mol. The highest BCUT2D eigenvalue weighted by atomic mass is 16.5. The van der Waals surface area contributed by atoms with Gasteiger partial charge >= 0.3 is 0 Å². The Bertz CT molecular complexity index is 575. The van der Waals surface area contributed by atoms with E-state index >= 15 is 0 Å². The summed E-state index contributed by atoms with van der Waals surface area (Å²) >= 11 is 0. The van der Waals surface area contributed by atoms with Crippen LogP contribution in [-0.4, -0.2) is 45.0 Å². The minimum absolute atomic E-state index is 0.177. The Morgan fingerprint density at radius 2 is 1.81 bits per heavy atom. The van der Waals surface area contributed by atoms with E-state index in [0.29, 0.717) is 19.6 Å². The molecule has 1 rings (SSSR count). The van der Waals surface area contributed by atoms with E-state index in [9.17, 15) is 9.59 Å². The Labute approximate surface area is 157 Å². The molecule has 3 N–H and O–H groups in total. The molecule has 0 aliphatic carbocycles. The highest BCUT2D eigenvalue weighted by Gasteiger charge is 2.20. The monoisotopic (exact) mass is 359 g/mol. The number of rotatable bonds is 11. The second-order valence-electron chi connectivity index (χ2n) is 6.64. The Kier molecular flexibility index (Phi) is 9.80. The van der Waals surface area contributed by atoms with Crippen LogP contribution in [0.5, 0.6) is 5.75 Å². The van der Waals surface area contributed by atoms with Crippen LogP contribution < -0.4 is 20.6 Å². The molecule has 1 aromatic carbocycles. The van der Waals surface area contributed by atoms with E-state index < -0.39 is 6.04 Å². The van der Waals surface area contributed by atoms with Crippen LogP contribution in [0.25, 0.3) is 0 Å². The summed E-state index contributed by atoms with van der Waals surface area (Å²) in [5, 5.41) is 8.21. The standard InChI is InChI=1S/C19H30BN3O3/c1-13-8-7-9-14(2)18(13)26-12-15(3)22-19(25)17(23-16(4)24)10-5-6-11-21-20/h7-9,15,17,21H,5-6,10-12H2,1-4H3,(H,22,25)(H,23,24)/t15?,17-/m0/s1. The maximum atomic E-state index is 12.5. The average molecular weight is 359 g/mol. The topological polar surface area (TPSA) is 79.5 Å². The van der Waals surface area contributed by atoms with Crippen LogP contribution in [-0.2, 0) is 9.59 Å². The van der Waals surface area contributed by atoms with Crippen molar-refractivity contribution in [1.82, 2.24) is 15.9 Å². The number of carbonyl (C=O) groups is 2. The maximum Gasteiger partial charge on any atom is 0.242 e. The van der Waals surface area contributed by atoms with E-state index in [-0.39, 0.29) is 17.9 Å². The van der Waals surface area contributed by atoms with Gasteiger partial charge in [0.2, 0.25) is 11.8 Å². The molecule has 7 heteroatoms. The van der Waals surface area contributed by atoms with Gasteiger partial charge < -0.3 is 20.6 Å². The molecule has 1 aromatic rings. The molecule has 26 heavy (non-hydrogen) atoms. The van der Waals surface area contributed by atoms with Gasteiger partial charge in [-0.1, -0.05) is 18.2 Å². The first kappa shape index (κ1) is 22.0. The lowest BCUT2D eigenvalue weighted by atomic mass is 10.1. The molecule has 0 saturated carbocycles. The van der Waals surface area contributed by atoms with Gasteiger partial charge in [0.25, 0.3) is 0 Å². The molecule has 0 spiro atoms. The molecule has 0 bridgehead atoms. The molecular weight excluding hydrogens is 329 g/mol. The third kappa shape index (κ3) is 7.91. The molecule has 2 amide bonds. The SMILES string of the molecule is [B]NCCCC[C@H](NC(C)=O)C(=O)NC(C)COc1c(C)cccc1C. The van der Waals surface area contributed by atoms with E-state index in [0.717, 1.165) is 29.7 Å². The lowest BCUT2D eigenvalue weighted by Crippen LogP contribution is -2.49. The van der Waals surface area contributed by atoms with E-state index in [1.165, 1.54) is 6.92 Å². The number of benzene rings is 1. The van der Waals surface area contributed by atoms with Crippen LogP contribution in [0.3, 0.4) is 0 Å². The molecule has 0 fully saturated rings. The van der Waals surface area contributed by atoms with Crippen LogP contribution in [0, 0.1) is 13.8 Å². The van der Waals surface area contributed by atoms with Crippen molar-refractivity contribution in [3.05, 3.63) is 29.3 Å². The van der Waals surface area contributed by atoms with Crippen molar-refractivity contribution in [1.29, 1.82) is 0 Å². The van der Waals surface area contributed by atoms with Gasteiger partial charge in [0.15, 0.2) is 7.98 Å². The fourth-order valence-electron chi connectivity index (χ4n) is 2.71. The molecule has 0 aliphatic rings. The van der Waals surface area contributed by atoms with Crippen molar-refractivity contribution in [2.45, 2.75) is 59.0 Å². The van der Waals surface area contributed by atoms with Crippen molar-refractivity contribution in [3.8, 4) is 5.75 Å². The zero-order valence-electron chi connectivity index (χ0n) is 16.2. The molecular formula is C19H30BN3O3. The number of ether oxygens (including phenoxy) is 1. The third-order valence-electron chi connectivity index (χ3n) is 4.03. The van der Waals surface area contributed by atoms with Gasteiger partial charge in [0.05, 0.1) is 6.04 Å². The second-order valence-corrected chi connectivity index (χ2v) is 6.64. The zero-order valence-corrected chi connectivity index (χ0v) is 16.2. The summed E-state index contributed by atoms with van der Waals surface area (Å²) in [4.78, 5) is 23.8. The third-order valence-corrected chi connectivity index (χ3v) is 4.03.